The first-order chi connectivity index (χ1) is 11.8. The number of nitriles is 1. The molecule has 1 saturated heterocycles. The summed E-state index contributed by atoms with van der Waals surface area (Å²) in [5.74, 6) is 0.0150. The van der Waals surface area contributed by atoms with Crippen molar-refractivity contribution < 1.29 is 9.53 Å². The van der Waals surface area contributed by atoms with Crippen LogP contribution in [0, 0.1) is 17.2 Å². The molecule has 1 aliphatic carbocycles. The first-order valence-corrected chi connectivity index (χ1v) is 8.27. The summed E-state index contributed by atoms with van der Waals surface area (Å²) in [5, 5.41) is 8.96. The van der Waals surface area contributed by atoms with E-state index in [2.05, 4.69) is 30.3 Å². The monoisotopic (exact) mass is 318 g/mol. The Morgan fingerprint density at radius 3 is 2.33 bits per heavy atom. The van der Waals surface area contributed by atoms with Gasteiger partial charge in [-0.25, -0.2) is 4.79 Å². The van der Waals surface area contributed by atoms with E-state index in [1.165, 1.54) is 22.3 Å². The number of rotatable bonds is 2. The van der Waals surface area contributed by atoms with Gasteiger partial charge in [-0.2, -0.15) is 5.26 Å². The van der Waals surface area contributed by atoms with Gasteiger partial charge in [0.15, 0.2) is 0 Å². The first kappa shape index (κ1) is 14.8. The third-order valence-electron chi connectivity index (χ3n) is 4.97. The van der Waals surface area contributed by atoms with Crippen LogP contribution in [0.25, 0.3) is 11.1 Å². The van der Waals surface area contributed by atoms with Crippen LogP contribution in [0.2, 0.25) is 0 Å². The average Bonchev–Trinajstić information content (AvgIpc) is 3.23. The van der Waals surface area contributed by atoms with Crippen LogP contribution in [0.5, 0.6) is 0 Å². The van der Waals surface area contributed by atoms with E-state index in [0.29, 0.717) is 19.7 Å². The Bertz CT molecular complexity index is 779. The van der Waals surface area contributed by atoms with Crippen LogP contribution < -0.4 is 0 Å². The third-order valence-corrected chi connectivity index (χ3v) is 4.97. The number of amides is 1. The number of hydrogen-bond acceptors (Lipinski definition) is 3. The highest BCUT2D eigenvalue weighted by Gasteiger charge is 2.31. The molecule has 0 spiro atoms. The van der Waals surface area contributed by atoms with Crippen molar-refractivity contribution >= 4 is 6.09 Å². The number of likely N-dealkylation sites (tertiary alicyclic amines) is 1. The molecule has 0 unspecified atom stereocenters. The predicted octanol–water partition coefficient (Wildman–Crippen LogP) is 3.78. The molecule has 24 heavy (non-hydrogen) atoms. The van der Waals surface area contributed by atoms with Crippen molar-refractivity contribution in [2.75, 3.05) is 19.7 Å². The van der Waals surface area contributed by atoms with Crippen LogP contribution in [0.3, 0.4) is 0 Å². The van der Waals surface area contributed by atoms with Crippen LogP contribution in [0.15, 0.2) is 48.5 Å². The molecule has 2 aromatic carbocycles. The van der Waals surface area contributed by atoms with Crippen LogP contribution >= 0.6 is 0 Å². The normalized spacial score (nSPS) is 18.8. The minimum atomic E-state index is -0.311. The summed E-state index contributed by atoms with van der Waals surface area (Å²) in [6, 6.07) is 18.8. The number of carbonyl (C=O) groups excluding carboxylic acids is 1. The van der Waals surface area contributed by atoms with Gasteiger partial charge in [0, 0.05) is 19.0 Å². The summed E-state index contributed by atoms with van der Waals surface area (Å²) in [7, 11) is 0. The zero-order chi connectivity index (χ0) is 16.5. The molecule has 2 aliphatic rings. The number of fused-ring (bicyclic) bond motifs is 3. The Morgan fingerprint density at radius 1 is 1.12 bits per heavy atom. The van der Waals surface area contributed by atoms with E-state index in [4.69, 9.17) is 10.00 Å². The Balaban J connectivity index is 1.51. The van der Waals surface area contributed by atoms with Crippen molar-refractivity contribution in [3.05, 3.63) is 59.7 Å². The van der Waals surface area contributed by atoms with Gasteiger partial charge in [-0.15, -0.1) is 0 Å². The lowest BCUT2D eigenvalue weighted by Crippen LogP contribution is -2.30. The summed E-state index contributed by atoms with van der Waals surface area (Å²) >= 11 is 0. The number of hydrogen-bond donors (Lipinski definition) is 0. The minimum Gasteiger partial charge on any atom is -0.448 e. The number of nitrogens with zero attached hydrogens (tertiary/aromatic N) is 2. The highest BCUT2D eigenvalue weighted by atomic mass is 16.6. The average molecular weight is 318 g/mol. The van der Waals surface area contributed by atoms with Crippen LogP contribution in [-0.2, 0) is 4.74 Å². The lowest BCUT2D eigenvalue weighted by molar-refractivity contribution is 0.107. The number of benzene rings is 2. The number of carbonyl (C=O) groups is 1. The van der Waals surface area contributed by atoms with Gasteiger partial charge in [0.05, 0.1) is 12.0 Å². The summed E-state index contributed by atoms with van der Waals surface area (Å²) in [6.07, 6.45) is 0.426. The van der Waals surface area contributed by atoms with Gasteiger partial charge < -0.3 is 9.64 Å². The number of ether oxygens (including phenoxy) is 1. The lowest BCUT2D eigenvalue weighted by Gasteiger charge is -2.18. The minimum absolute atomic E-state index is 0.0644. The largest absolute Gasteiger partial charge is 0.448 e. The molecule has 4 rings (SSSR count). The quantitative estimate of drug-likeness (QED) is 0.846. The van der Waals surface area contributed by atoms with Gasteiger partial charge in [-0.3, -0.25) is 0 Å². The molecule has 0 bridgehead atoms. The van der Waals surface area contributed by atoms with E-state index >= 15 is 0 Å². The topological polar surface area (TPSA) is 53.3 Å². The van der Waals surface area contributed by atoms with Crippen molar-refractivity contribution in [3.8, 4) is 17.2 Å². The highest BCUT2D eigenvalue weighted by Crippen LogP contribution is 2.44. The second-order valence-electron chi connectivity index (χ2n) is 6.36. The Kier molecular flexibility index (Phi) is 3.70. The zero-order valence-corrected chi connectivity index (χ0v) is 13.3. The van der Waals surface area contributed by atoms with Crippen molar-refractivity contribution in [1.82, 2.24) is 4.90 Å². The maximum Gasteiger partial charge on any atom is 0.409 e. The van der Waals surface area contributed by atoms with Crippen molar-refractivity contribution in [2.24, 2.45) is 5.92 Å². The van der Waals surface area contributed by atoms with Crippen LogP contribution in [-0.4, -0.2) is 30.7 Å². The van der Waals surface area contributed by atoms with Crippen molar-refractivity contribution in [3.63, 3.8) is 0 Å². The summed E-state index contributed by atoms with van der Waals surface area (Å²) in [4.78, 5) is 13.9. The molecule has 1 atom stereocenters. The van der Waals surface area contributed by atoms with Gasteiger partial charge in [-0.1, -0.05) is 48.5 Å². The molecule has 0 N–H and O–H groups in total. The van der Waals surface area contributed by atoms with Crippen molar-refractivity contribution in [1.29, 1.82) is 5.26 Å². The van der Waals surface area contributed by atoms with Crippen LogP contribution in [0.1, 0.15) is 23.5 Å². The highest BCUT2D eigenvalue weighted by molar-refractivity contribution is 5.79. The van der Waals surface area contributed by atoms with Gasteiger partial charge in [-0.05, 0) is 28.7 Å². The molecule has 0 aromatic heterocycles. The molecule has 2 aromatic rings. The second kappa shape index (κ2) is 6.01. The molecular weight excluding hydrogens is 300 g/mol. The molecule has 1 amide bonds. The van der Waals surface area contributed by atoms with E-state index in [1.54, 1.807) is 4.90 Å². The van der Waals surface area contributed by atoms with Crippen molar-refractivity contribution in [2.45, 2.75) is 12.3 Å². The summed E-state index contributed by atoms with van der Waals surface area (Å²) < 4.78 is 5.59. The van der Waals surface area contributed by atoms with Crippen LogP contribution in [0.4, 0.5) is 4.79 Å². The predicted molar refractivity (Wildman–Crippen MR) is 90.4 cm³/mol. The Hall–Kier alpha value is -2.80. The van der Waals surface area contributed by atoms with Gasteiger partial charge in [0.25, 0.3) is 0 Å². The molecule has 0 saturated carbocycles. The van der Waals surface area contributed by atoms with E-state index in [-0.39, 0.29) is 17.9 Å². The van der Waals surface area contributed by atoms with E-state index < -0.39 is 0 Å². The Labute approximate surface area is 141 Å². The fraction of sp³-hybridized carbons (Fsp3) is 0.300. The van der Waals surface area contributed by atoms with E-state index in [0.717, 1.165) is 6.42 Å². The smallest absolute Gasteiger partial charge is 0.409 e. The van der Waals surface area contributed by atoms with E-state index in [1.807, 2.05) is 24.3 Å². The lowest BCUT2D eigenvalue weighted by atomic mass is 9.98. The van der Waals surface area contributed by atoms with Gasteiger partial charge in [0.1, 0.15) is 6.61 Å². The maximum atomic E-state index is 12.3. The fourth-order valence-electron chi connectivity index (χ4n) is 3.72. The molecule has 1 fully saturated rings. The fourth-order valence-corrected chi connectivity index (χ4v) is 3.72. The molecule has 4 heteroatoms. The molecule has 4 nitrogen and oxygen atoms in total. The molecule has 120 valence electrons. The SMILES string of the molecule is N#C[C@H]1CCN(C(=O)OCC2c3ccccc3-c3ccccc32)C1. The van der Waals surface area contributed by atoms with Gasteiger partial charge >= 0.3 is 6.09 Å². The first-order valence-electron chi connectivity index (χ1n) is 8.27. The second-order valence-corrected chi connectivity index (χ2v) is 6.36. The molecule has 1 aliphatic heterocycles. The maximum absolute atomic E-state index is 12.3. The standard InChI is InChI=1S/C20H18N2O2/c21-11-14-9-10-22(12-14)20(23)24-13-19-17-7-3-1-5-15(17)16-6-2-4-8-18(16)19/h1-8,14,19H,9-10,12-13H2/t14-/m1/s1. The summed E-state index contributed by atoms with van der Waals surface area (Å²) in [5.41, 5.74) is 4.87. The summed E-state index contributed by atoms with van der Waals surface area (Å²) in [6.45, 7) is 1.42. The Morgan fingerprint density at radius 2 is 1.75 bits per heavy atom. The molecule has 0 radical (unpaired) electrons. The zero-order valence-electron chi connectivity index (χ0n) is 13.3. The third kappa shape index (κ3) is 2.43. The van der Waals surface area contributed by atoms with Gasteiger partial charge in [0.2, 0.25) is 0 Å². The van der Waals surface area contributed by atoms with E-state index in [9.17, 15) is 4.79 Å². The molecular formula is C20H18N2O2. The molecule has 1 heterocycles.